The number of carbonyl (C=O) groups excluding carboxylic acids is 1. The van der Waals surface area contributed by atoms with Crippen molar-refractivity contribution in [2.24, 2.45) is 0 Å². The van der Waals surface area contributed by atoms with Gasteiger partial charge in [0.25, 0.3) is 0 Å². The average Bonchev–Trinajstić information content (AvgIpc) is 2.92. The van der Waals surface area contributed by atoms with Gasteiger partial charge in [-0.05, 0) is 24.3 Å². The molecule has 0 unspecified atom stereocenters. The number of nitrogens with zero attached hydrogens (tertiary/aromatic N) is 1. The lowest BCUT2D eigenvalue weighted by Gasteiger charge is -2.19. The molecule has 0 saturated heterocycles. The zero-order chi connectivity index (χ0) is 15.7. The van der Waals surface area contributed by atoms with Crippen LogP contribution in [0.3, 0.4) is 0 Å². The van der Waals surface area contributed by atoms with Crippen LogP contribution in [0.15, 0.2) is 48.5 Å². The second kappa shape index (κ2) is 5.52. The first kappa shape index (κ1) is 14.1. The number of methoxy groups -OCH3 is 1. The molecule has 0 saturated carbocycles. The van der Waals surface area contributed by atoms with Crippen molar-refractivity contribution in [3.63, 3.8) is 0 Å². The number of esters is 1. The van der Waals surface area contributed by atoms with E-state index < -0.39 is 5.97 Å². The van der Waals surface area contributed by atoms with E-state index in [0.717, 1.165) is 10.9 Å². The maximum absolute atomic E-state index is 13.4. The average molecular weight is 298 g/mol. The molecule has 1 N–H and O–H groups in total. The van der Waals surface area contributed by atoms with Gasteiger partial charge in [-0.2, -0.15) is 0 Å². The van der Waals surface area contributed by atoms with Crippen LogP contribution >= 0.6 is 0 Å². The highest BCUT2D eigenvalue weighted by Crippen LogP contribution is 2.33. The summed E-state index contributed by atoms with van der Waals surface area (Å²) in [6.07, 6.45) is 0. The molecule has 0 fully saturated rings. The molecule has 112 valence electrons. The molecule has 3 rings (SSSR count). The Labute approximate surface area is 127 Å². The van der Waals surface area contributed by atoms with Gasteiger partial charge in [0.05, 0.1) is 7.11 Å². The minimum atomic E-state index is -0.435. The molecule has 3 aromatic rings. The van der Waals surface area contributed by atoms with Crippen LogP contribution in [0.2, 0.25) is 0 Å². The minimum absolute atomic E-state index is 0.333. The Morgan fingerprint density at radius 2 is 1.95 bits per heavy atom. The summed E-state index contributed by atoms with van der Waals surface area (Å²) in [5, 5.41) is 0.771. The third kappa shape index (κ3) is 2.30. The number of hydrogen-bond acceptors (Lipinski definition) is 3. The predicted molar refractivity (Wildman–Crippen MR) is 84.1 cm³/mol. The fraction of sp³-hybridized carbons (Fsp3) is 0.118. The summed E-state index contributed by atoms with van der Waals surface area (Å²) in [6.45, 7) is 0. The number of carbonyl (C=O) groups is 1. The number of benzene rings is 2. The second-order valence-electron chi connectivity index (χ2n) is 4.92. The number of aromatic nitrogens is 1. The van der Waals surface area contributed by atoms with Gasteiger partial charge >= 0.3 is 5.97 Å². The highest BCUT2D eigenvalue weighted by atomic mass is 19.1. The monoisotopic (exact) mass is 298 g/mol. The molecule has 4 nitrogen and oxygen atoms in total. The Morgan fingerprint density at radius 1 is 1.18 bits per heavy atom. The van der Waals surface area contributed by atoms with E-state index in [0.29, 0.717) is 17.1 Å². The summed E-state index contributed by atoms with van der Waals surface area (Å²) in [5.41, 5.74) is 1.89. The number of hydrogen-bond donors (Lipinski definition) is 1. The molecule has 22 heavy (non-hydrogen) atoms. The van der Waals surface area contributed by atoms with Gasteiger partial charge in [0.1, 0.15) is 17.2 Å². The van der Waals surface area contributed by atoms with Crippen molar-refractivity contribution in [3.05, 3.63) is 59.9 Å². The van der Waals surface area contributed by atoms with Crippen LogP contribution in [0.5, 0.6) is 0 Å². The summed E-state index contributed by atoms with van der Waals surface area (Å²) < 4.78 is 18.3. The second-order valence-corrected chi connectivity index (χ2v) is 4.92. The summed E-state index contributed by atoms with van der Waals surface area (Å²) >= 11 is 0. The van der Waals surface area contributed by atoms with Crippen LogP contribution in [0.1, 0.15) is 10.4 Å². The SMILES string of the molecule is COC(=O)c1c(N(C)c2cccc(F)c2)[nH]c2ccccc12. The third-order valence-electron chi connectivity index (χ3n) is 3.61. The van der Waals surface area contributed by atoms with E-state index in [2.05, 4.69) is 4.98 Å². The zero-order valence-corrected chi connectivity index (χ0v) is 12.3. The predicted octanol–water partition coefficient (Wildman–Crippen LogP) is 3.86. The van der Waals surface area contributed by atoms with E-state index in [-0.39, 0.29) is 5.82 Å². The van der Waals surface area contributed by atoms with Crippen molar-refractivity contribution in [2.75, 3.05) is 19.1 Å². The van der Waals surface area contributed by atoms with E-state index in [9.17, 15) is 9.18 Å². The van der Waals surface area contributed by atoms with Crippen LogP contribution in [0, 0.1) is 5.82 Å². The normalized spacial score (nSPS) is 10.7. The largest absolute Gasteiger partial charge is 0.465 e. The number of aromatic amines is 1. The lowest BCUT2D eigenvalue weighted by atomic mass is 10.1. The van der Waals surface area contributed by atoms with Gasteiger partial charge < -0.3 is 14.6 Å². The fourth-order valence-corrected chi connectivity index (χ4v) is 2.50. The summed E-state index contributed by atoms with van der Waals surface area (Å²) in [7, 11) is 3.11. The Hall–Kier alpha value is -2.82. The third-order valence-corrected chi connectivity index (χ3v) is 3.61. The summed E-state index contributed by atoms with van der Waals surface area (Å²) in [6, 6.07) is 13.7. The van der Waals surface area contributed by atoms with Crippen molar-refractivity contribution in [3.8, 4) is 0 Å². The number of rotatable bonds is 3. The Bertz CT molecular complexity index is 842. The standard InChI is InChI=1S/C17H15FN2O2/c1-20(12-7-5-6-11(18)10-12)16-15(17(21)22-2)13-8-3-4-9-14(13)19-16/h3-10,19H,1-2H3. The number of ether oxygens (including phenoxy) is 1. The number of anilines is 2. The Kier molecular flexibility index (Phi) is 3.55. The van der Waals surface area contributed by atoms with E-state index >= 15 is 0 Å². The maximum Gasteiger partial charge on any atom is 0.342 e. The Morgan fingerprint density at radius 3 is 2.68 bits per heavy atom. The van der Waals surface area contributed by atoms with Crippen LogP contribution in [-0.4, -0.2) is 25.1 Å². The number of fused-ring (bicyclic) bond motifs is 1. The van der Waals surface area contributed by atoms with E-state index in [1.165, 1.54) is 19.2 Å². The topological polar surface area (TPSA) is 45.3 Å². The highest BCUT2D eigenvalue weighted by Gasteiger charge is 2.22. The summed E-state index contributed by atoms with van der Waals surface area (Å²) in [5.74, 6) is -0.200. The smallest absolute Gasteiger partial charge is 0.342 e. The quantitative estimate of drug-likeness (QED) is 0.747. The first-order valence-electron chi connectivity index (χ1n) is 6.80. The lowest BCUT2D eigenvalue weighted by Crippen LogP contribution is -2.14. The lowest BCUT2D eigenvalue weighted by molar-refractivity contribution is 0.0604. The number of nitrogens with one attached hydrogen (secondary N) is 1. The molecule has 0 aliphatic carbocycles. The molecule has 5 heteroatoms. The van der Waals surface area contributed by atoms with Crippen LogP contribution in [0.25, 0.3) is 10.9 Å². The highest BCUT2D eigenvalue weighted by molar-refractivity contribution is 6.10. The Balaban J connectivity index is 2.19. The molecule has 0 amide bonds. The first-order valence-corrected chi connectivity index (χ1v) is 6.80. The van der Waals surface area contributed by atoms with Crippen molar-refractivity contribution in [1.29, 1.82) is 0 Å². The molecule has 0 aliphatic rings. The van der Waals surface area contributed by atoms with Gasteiger partial charge in [-0.15, -0.1) is 0 Å². The van der Waals surface area contributed by atoms with Crippen molar-refractivity contribution in [2.45, 2.75) is 0 Å². The number of H-pyrrole nitrogens is 1. The van der Waals surface area contributed by atoms with Gasteiger partial charge in [-0.25, -0.2) is 9.18 Å². The molecule has 1 heterocycles. The molecular formula is C17H15FN2O2. The fourth-order valence-electron chi connectivity index (χ4n) is 2.50. The summed E-state index contributed by atoms with van der Waals surface area (Å²) in [4.78, 5) is 17.1. The minimum Gasteiger partial charge on any atom is -0.465 e. The molecule has 2 aromatic carbocycles. The molecule has 0 radical (unpaired) electrons. The van der Waals surface area contributed by atoms with Gasteiger partial charge in [0.15, 0.2) is 0 Å². The van der Waals surface area contributed by atoms with Crippen LogP contribution < -0.4 is 4.90 Å². The molecule has 1 aromatic heterocycles. The van der Waals surface area contributed by atoms with Crippen molar-refractivity contribution < 1.29 is 13.9 Å². The van der Waals surface area contributed by atoms with E-state index in [1.807, 2.05) is 24.3 Å². The van der Waals surface area contributed by atoms with Crippen LogP contribution in [0.4, 0.5) is 15.9 Å². The molecule has 0 bridgehead atoms. The first-order chi connectivity index (χ1) is 10.6. The van der Waals surface area contributed by atoms with E-state index in [1.54, 1.807) is 24.1 Å². The van der Waals surface area contributed by atoms with Gasteiger partial charge in [-0.3, -0.25) is 0 Å². The van der Waals surface area contributed by atoms with Crippen LogP contribution in [-0.2, 0) is 4.74 Å². The van der Waals surface area contributed by atoms with Gasteiger partial charge in [0.2, 0.25) is 0 Å². The van der Waals surface area contributed by atoms with Crippen molar-refractivity contribution in [1.82, 2.24) is 4.98 Å². The van der Waals surface area contributed by atoms with Gasteiger partial charge in [0, 0.05) is 23.6 Å². The van der Waals surface area contributed by atoms with E-state index in [4.69, 9.17) is 4.74 Å². The maximum atomic E-state index is 13.4. The molecular weight excluding hydrogens is 283 g/mol. The molecule has 0 atom stereocenters. The van der Waals surface area contributed by atoms with Gasteiger partial charge in [-0.1, -0.05) is 24.3 Å². The van der Waals surface area contributed by atoms with Crippen molar-refractivity contribution >= 4 is 28.4 Å². The number of para-hydroxylation sites is 1. The zero-order valence-electron chi connectivity index (χ0n) is 12.3. The molecule has 0 aliphatic heterocycles. The number of halogens is 1. The molecule has 0 spiro atoms.